The fourth-order valence-electron chi connectivity index (χ4n) is 2.72. The van der Waals surface area contributed by atoms with Gasteiger partial charge >= 0.3 is 12.0 Å². The number of urea groups is 1. The molecule has 0 radical (unpaired) electrons. The number of anilines is 1. The predicted molar refractivity (Wildman–Crippen MR) is 96.4 cm³/mol. The van der Waals surface area contributed by atoms with Gasteiger partial charge in [-0.3, -0.25) is 4.90 Å². The molecule has 0 aliphatic carbocycles. The molecule has 5 nitrogen and oxygen atoms in total. The highest BCUT2D eigenvalue weighted by molar-refractivity contribution is 6.03. The summed E-state index contributed by atoms with van der Waals surface area (Å²) in [7, 11) is 0. The summed E-state index contributed by atoms with van der Waals surface area (Å²) in [6.45, 7) is 7.69. The normalized spacial score (nSPS) is 12.7. The van der Waals surface area contributed by atoms with Gasteiger partial charge in [-0.05, 0) is 23.8 Å². The van der Waals surface area contributed by atoms with Crippen molar-refractivity contribution in [3.05, 3.63) is 42.5 Å². The Hall–Kier alpha value is -2.56. The van der Waals surface area contributed by atoms with E-state index in [9.17, 15) is 14.7 Å². The molecule has 2 aromatic rings. The predicted octanol–water partition coefficient (Wildman–Crippen LogP) is 3.88. The van der Waals surface area contributed by atoms with E-state index in [0.29, 0.717) is 6.54 Å². The van der Waals surface area contributed by atoms with Gasteiger partial charge in [0.25, 0.3) is 0 Å². The molecule has 5 heteroatoms. The van der Waals surface area contributed by atoms with Gasteiger partial charge in [-0.2, -0.15) is 0 Å². The third-order valence-corrected chi connectivity index (χ3v) is 4.00. The Kier molecular flexibility index (Phi) is 5.12. The van der Waals surface area contributed by atoms with Crippen LogP contribution in [-0.2, 0) is 4.79 Å². The summed E-state index contributed by atoms with van der Waals surface area (Å²) in [5, 5.41) is 14.1. The molecule has 1 atom stereocenters. The number of carboxylic acids is 1. The summed E-state index contributed by atoms with van der Waals surface area (Å²) in [4.78, 5) is 25.8. The van der Waals surface area contributed by atoms with Crippen LogP contribution in [0.1, 0.15) is 27.7 Å². The Labute approximate surface area is 142 Å². The zero-order chi connectivity index (χ0) is 17.9. The number of amides is 2. The van der Waals surface area contributed by atoms with Crippen molar-refractivity contribution in [3.63, 3.8) is 0 Å². The molecule has 0 saturated heterocycles. The number of hydrogen-bond acceptors (Lipinski definition) is 2. The minimum Gasteiger partial charge on any atom is -0.480 e. The topological polar surface area (TPSA) is 69.6 Å². The van der Waals surface area contributed by atoms with Crippen molar-refractivity contribution in [1.29, 1.82) is 0 Å². The standard InChI is InChI=1S/C19H24N2O3/c1-5-21(18(24)20-16(17(22)23)19(2,3)4)15-12-8-10-13-9-6-7-11-14(13)15/h6-12,16H,5H2,1-4H3,(H,20,24)(H,22,23)/t16-/m1/s1. The van der Waals surface area contributed by atoms with Crippen molar-refractivity contribution >= 4 is 28.5 Å². The Morgan fingerprint density at radius 3 is 2.33 bits per heavy atom. The van der Waals surface area contributed by atoms with Crippen LogP contribution in [0.2, 0.25) is 0 Å². The number of rotatable bonds is 4. The number of fused-ring (bicyclic) bond motifs is 1. The molecule has 0 aromatic heterocycles. The molecule has 0 fully saturated rings. The van der Waals surface area contributed by atoms with Crippen molar-refractivity contribution in [1.82, 2.24) is 5.32 Å². The Balaban J connectivity index is 2.37. The van der Waals surface area contributed by atoms with E-state index in [1.807, 2.05) is 49.4 Å². The lowest BCUT2D eigenvalue weighted by atomic mass is 9.87. The number of carboxylic acid groups (broad SMARTS) is 1. The molecule has 0 heterocycles. The maximum absolute atomic E-state index is 12.7. The molecule has 0 spiro atoms. The molecule has 24 heavy (non-hydrogen) atoms. The minimum atomic E-state index is -1.04. The van der Waals surface area contributed by atoms with Crippen LogP contribution in [0, 0.1) is 5.41 Å². The number of nitrogens with one attached hydrogen (secondary N) is 1. The molecule has 2 rings (SSSR count). The fourth-order valence-corrected chi connectivity index (χ4v) is 2.72. The van der Waals surface area contributed by atoms with Gasteiger partial charge in [-0.15, -0.1) is 0 Å². The van der Waals surface area contributed by atoms with E-state index >= 15 is 0 Å². The fraction of sp³-hybridized carbons (Fsp3) is 0.368. The third kappa shape index (κ3) is 3.67. The van der Waals surface area contributed by atoms with E-state index in [1.54, 1.807) is 25.7 Å². The molecular formula is C19H24N2O3. The number of carbonyl (C=O) groups excluding carboxylic acids is 1. The molecule has 2 aromatic carbocycles. The van der Waals surface area contributed by atoms with Crippen molar-refractivity contribution in [2.75, 3.05) is 11.4 Å². The lowest BCUT2D eigenvalue weighted by Gasteiger charge is -2.31. The lowest BCUT2D eigenvalue weighted by Crippen LogP contribution is -2.53. The second-order valence-corrected chi connectivity index (χ2v) is 6.83. The highest BCUT2D eigenvalue weighted by Gasteiger charge is 2.34. The highest BCUT2D eigenvalue weighted by Crippen LogP contribution is 2.27. The number of hydrogen-bond donors (Lipinski definition) is 2. The van der Waals surface area contributed by atoms with Crippen LogP contribution in [-0.4, -0.2) is 29.7 Å². The zero-order valence-corrected chi connectivity index (χ0v) is 14.5. The maximum Gasteiger partial charge on any atom is 0.326 e. The molecule has 0 bridgehead atoms. The number of benzene rings is 2. The lowest BCUT2D eigenvalue weighted by molar-refractivity contribution is -0.141. The molecule has 2 amide bonds. The first kappa shape index (κ1) is 17.8. The summed E-state index contributed by atoms with van der Waals surface area (Å²) >= 11 is 0. The van der Waals surface area contributed by atoms with Gasteiger partial charge in [0.1, 0.15) is 6.04 Å². The smallest absolute Gasteiger partial charge is 0.326 e. The van der Waals surface area contributed by atoms with Crippen molar-refractivity contribution in [2.24, 2.45) is 5.41 Å². The van der Waals surface area contributed by atoms with E-state index < -0.39 is 23.5 Å². The Morgan fingerprint density at radius 1 is 1.12 bits per heavy atom. The average Bonchev–Trinajstić information content (AvgIpc) is 2.52. The monoisotopic (exact) mass is 328 g/mol. The van der Waals surface area contributed by atoms with Crippen LogP contribution in [0.3, 0.4) is 0 Å². The second kappa shape index (κ2) is 6.91. The van der Waals surface area contributed by atoms with Gasteiger partial charge in [-0.25, -0.2) is 9.59 Å². The van der Waals surface area contributed by atoms with Crippen LogP contribution in [0.5, 0.6) is 0 Å². The largest absolute Gasteiger partial charge is 0.480 e. The number of carbonyl (C=O) groups is 2. The molecule has 0 aliphatic rings. The molecule has 0 aliphatic heterocycles. The summed E-state index contributed by atoms with van der Waals surface area (Å²) in [6, 6.07) is 12.2. The van der Waals surface area contributed by atoms with E-state index in [-0.39, 0.29) is 0 Å². The van der Waals surface area contributed by atoms with E-state index in [4.69, 9.17) is 0 Å². The number of nitrogens with zero attached hydrogens (tertiary/aromatic N) is 1. The molecular weight excluding hydrogens is 304 g/mol. The second-order valence-electron chi connectivity index (χ2n) is 6.83. The Bertz CT molecular complexity index is 744. The van der Waals surface area contributed by atoms with Gasteiger partial charge in [0.2, 0.25) is 0 Å². The van der Waals surface area contributed by atoms with Gasteiger partial charge in [-0.1, -0.05) is 57.2 Å². The van der Waals surface area contributed by atoms with Crippen LogP contribution in [0.25, 0.3) is 10.8 Å². The van der Waals surface area contributed by atoms with E-state index in [1.165, 1.54) is 0 Å². The first-order valence-electron chi connectivity index (χ1n) is 8.04. The molecule has 0 unspecified atom stereocenters. The highest BCUT2D eigenvalue weighted by atomic mass is 16.4. The Morgan fingerprint density at radius 2 is 1.75 bits per heavy atom. The first-order valence-corrected chi connectivity index (χ1v) is 8.04. The summed E-state index contributed by atoms with van der Waals surface area (Å²) in [6.07, 6.45) is 0. The van der Waals surface area contributed by atoms with Gasteiger partial charge in [0.05, 0.1) is 5.69 Å². The van der Waals surface area contributed by atoms with E-state index in [2.05, 4.69) is 5.32 Å². The minimum absolute atomic E-state index is 0.406. The summed E-state index contributed by atoms with van der Waals surface area (Å²) in [5.41, 5.74) is 0.186. The van der Waals surface area contributed by atoms with Crippen LogP contribution < -0.4 is 10.2 Å². The number of aliphatic carboxylic acids is 1. The molecule has 2 N–H and O–H groups in total. The van der Waals surface area contributed by atoms with Gasteiger partial charge < -0.3 is 10.4 Å². The summed E-state index contributed by atoms with van der Waals surface area (Å²) < 4.78 is 0. The molecule has 0 saturated carbocycles. The SMILES string of the molecule is CCN(C(=O)N[C@H](C(=O)O)C(C)(C)C)c1cccc2ccccc12. The van der Waals surface area contributed by atoms with Crippen LogP contribution in [0.15, 0.2) is 42.5 Å². The first-order chi connectivity index (χ1) is 11.3. The quantitative estimate of drug-likeness (QED) is 0.895. The van der Waals surface area contributed by atoms with Crippen molar-refractivity contribution < 1.29 is 14.7 Å². The van der Waals surface area contributed by atoms with Gasteiger partial charge in [0.15, 0.2) is 0 Å². The third-order valence-electron chi connectivity index (χ3n) is 4.00. The van der Waals surface area contributed by atoms with Crippen molar-refractivity contribution in [3.8, 4) is 0 Å². The maximum atomic E-state index is 12.7. The van der Waals surface area contributed by atoms with Crippen LogP contribution >= 0.6 is 0 Å². The van der Waals surface area contributed by atoms with Crippen molar-refractivity contribution in [2.45, 2.75) is 33.7 Å². The van der Waals surface area contributed by atoms with E-state index in [0.717, 1.165) is 16.5 Å². The average molecular weight is 328 g/mol. The summed E-state index contributed by atoms with van der Waals surface area (Å²) in [5.74, 6) is -1.04. The van der Waals surface area contributed by atoms with Gasteiger partial charge in [0, 0.05) is 11.9 Å². The zero-order valence-electron chi connectivity index (χ0n) is 14.5. The van der Waals surface area contributed by atoms with Crippen LogP contribution in [0.4, 0.5) is 10.5 Å². The molecule has 128 valence electrons.